The third kappa shape index (κ3) is 3.37. The van der Waals surface area contributed by atoms with Gasteiger partial charge in [-0.3, -0.25) is 4.79 Å². The molecule has 0 spiro atoms. The van der Waals surface area contributed by atoms with Crippen LogP contribution >= 0.6 is 0 Å². The van der Waals surface area contributed by atoms with E-state index in [-0.39, 0.29) is 46.6 Å². The Kier molecular flexibility index (Phi) is 5.47. The van der Waals surface area contributed by atoms with Crippen LogP contribution in [0.5, 0.6) is 5.75 Å². The number of carbonyl (C=O) groups excluding carboxylic acids is 1. The van der Waals surface area contributed by atoms with Crippen LogP contribution in [0.15, 0.2) is 51.0 Å². The largest absolute Gasteiger partial charge is 0.595 e. The molecular weight excluding hydrogens is 372 g/mol. The van der Waals surface area contributed by atoms with Gasteiger partial charge in [-0.2, -0.15) is 5.23 Å². The number of ether oxygens (including phenoxy) is 2. The van der Waals surface area contributed by atoms with Crippen molar-refractivity contribution < 1.29 is 34.2 Å². The first-order valence-corrected chi connectivity index (χ1v) is 8.33. The van der Waals surface area contributed by atoms with E-state index < -0.39 is 29.1 Å². The minimum absolute atomic E-state index is 0.0381. The number of carbonyl (C=O) groups is 1. The number of rotatable bonds is 5. The second-order valence-electron chi connectivity index (χ2n) is 5.85. The van der Waals surface area contributed by atoms with Gasteiger partial charge in [-0.15, -0.1) is 0 Å². The molecule has 5 N–H and O–H groups in total. The predicted molar refractivity (Wildman–Crippen MR) is 93.4 cm³/mol. The number of hydrogen-bond donors (Lipinski definition) is 4. The molecule has 0 fully saturated rings. The molecule has 2 heterocycles. The highest BCUT2D eigenvalue weighted by Gasteiger charge is 2.41. The molecule has 28 heavy (non-hydrogen) atoms. The molecule has 0 bridgehead atoms. The summed E-state index contributed by atoms with van der Waals surface area (Å²) in [5, 5.41) is 29.4. The Bertz CT molecular complexity index is 995. The Morgan fingerprint density at radius 2 is 2.11 bits per heavy atom. The second-order valence-corrected chi connectivity index (χ2v) is 5.85. The molecule has 2 unspecified atom stereocenters. The van der Waals surface area contributed by atoms with Gasteiger partial charge in [-0.1, -0.05) is 18.2 Å². The molecule has 1 aliphatic rings. The maximum Gasteiger partial charge on any atom is 0.340 e. The van der Waals surface area contributed by atoms with E-state index in [2.05, 4.69) is 0 Å². The first kappa shape index (κ1) is 19.6. The molecule has 0 radical (unpaired) electrons. The highest BCUT2D eigenvalue weighted by molar-refractivity contribution is 5.92. The van der Waals surface area contributed by atoms with E-state index in [0.717, 1.165) is 6.07 Å². The van der Waals surface area contributed by atoms with Crippen molar-refractivity contribution >= 4 is 11.7 Å². The van der Waals surface area contributed by atoms with Gasteiger partial charge in [-0.25, -0.2) is 10.0 Å². The molecule has 2 atom stereocenters. The molecule has 1 aromatic carbocycles. The number of quaternary nitrogens is 1. The maximum atomic E-state index is 12.6. The average molecular weight is 390 g/mol. The van der Waals surface area contributed by atoms with Crippen LogP contribution in [-0.4, -0.2) is 22.9 Å². The zero-order valence-electron chi connectivity index (χ0n) is 14.8. The molecule has 1 aromatic heterocycles. The quantitative estimate of drug-likeness (QED) is 0.400. The standard InChI is InChI=1S/C18H18N2O8/c1-2-26-18(23)14-13(10-5-3-4-6-11(10)20(24)25)16-15(28-17(14)19)12(22)7-9(8-21)27-16/h3-7,13,20-21,24H,2,8,19H2,1H3. The van der Waals surface area contributed by atoms with Crippen molar-refractivity contribution in [2.75, 3.05) is 6.61 Å². The van der Waals surface area contributed by atoms with Gasteiger partial charge in [0, 0.05) is 17.7 Å². The summed E-state index contributed by atoms with van der Waals surface area (Å²) < 4.78 is 15.9. The van der Waals surface area contributed by atoms with Crippen LogP contribution in [0.4, 0.5) is 5.69 Å². The van der Waals surface area contributed by atoms with Gasteiger partial charge in [0.2, 0.25) is 17.1 Å². The Morgan fingerprint density at radius 3 is 2.75 bits per heavy atom. The molecule has 0 saturated heterocycles. The van der Waals surface area contributed by atoms with E-state index in [1.807, 2.05) is 0 Å². The normalized spacial score (nSPS) is 16.9. The SMILES string of the molecule is CCOC(=O)C1=C(N)Oc2c(oc(CO)cc2=O)C1c1ccccc1[NH+]([O-])O. The molecule has 148 valence electrons. The van der Waals surface area contributed by atoms with Crippen molar-refractivity contribution in [1.82, 2.24) is 0 Å². The highest BCUT2D eigenvalue weighted by atomic mass is 16.8. The second kappa shape index (κ2) is 7.82. The molecule has 0 saturated carbocycles. The first-order valence-electron chi connectivity index (χ1n) is 8.33. The van der Waals surface area contributed by atoms with Crippen LogP contribution in [0.25, 0.3) is 0 Å². The van der Waals surface area contributed by atoms with Gasteiger partial charge < -0.3 is 29.9 Å². The molecule has 0 aliphatic carbocycles. The fourth-order valence-corrected chi connectivity index (χ4v) is 3.02. The summed E-state index contributed by atoms with van der Waals surface area (Å²) in [6.45, 7) is 1.05. The van der Waals surface area contributed by atoms with Crippen molar-refractivity contribution in [2.45, 2.75) is 19.4 Å². The number of aliphatic hydroxyl groups excluding tert-OH is 1. The average Bonchev–Trinajstić information content (AvgIpc) is 2.67. The molecule has 0 amide bonds. The number of aliphatic hydroxyl groups is 1. The molecular formula is C18H18N2O8. The smallest absolute Gasteiger partial charge is 0.340 e. The van der Waals surface area contributed by atoms with Crippen LogP contribution in [0, 0.1) is 5.21 Å². The van der Waals surface area contributed by atoms with Crippen molar-refractivity contribution in [3.63, 3.8) is 0 Å². The van der Waals surface area contributed by atoms with Crippen LogP contribution < -0.4 is 21.1 Å². The van der Waals surface area contributed by atoms with Crippen molar-refractivity contribution in [2.24, 2.45) is 5.73 Å². The number of nitrogens with one attached hydrogen (secondary N) is 1. The summed E-state index contributed by atoms with van der Waals surface area (Å²) in [7, 11) is 0. The van der Waals surface area contributed by atoms with Crippen LogP contribution in [0.3, 0.4) is 0 Å². The number of esters is 1. The summed E-state index contributed by atoms with van der Waals surface area (Å²) in [4.78, 5) is 24.9. The van der Waals surface area contributed by atoms with Gasteiger partial charge in [-0.05, 0) is 6.92 Å². The summed E-state index contributed by atoms with van der Waals surface area (Å²) in [6, 6.07) is 6.94. The third-order valence-electron chi connectivity index (χ3n) is 4.16. The van der Waals surface area contributed by atoms with Crippen LogP contribution in [0.1, 0.15) is 29.9 Å². The molecule has 3 rings (SSSR count). The van der Waals surface area contributed by atoms with E-state index >= 15 is 0 Å². The van der Waals surface area contributed by atoms with Crippen LogP contribution in [0.2, 0.25) is 0 Å². The maximum absolute atomic E-state index is 12.6. The molecule has 10 nitrogen and oxygen atoms in total. The molecule has 2 aromatic rings. The third-order valence-corrected chi connectivity index (χ3v) is 4.16. The van der Waals surface area contributed by atoms with Crippen molar-refractivity contribution in [3.05, 3.63) is 74.3 Å². The number of para-hydroxylation sites is 1. The van der Waals surface area contributed by atoms with Gasteiger partial charge in [0.1, 0.15) is 17.9 Å². The summed E-state index contributed by atoms with van der Waals surface area (Å²) >= 11 is 0. The lowest BCUT2D eigenvalue weighted by Gasteiger charge is -2.28. The van der Waals surface area contributed by atoms with Gasteiger partial charge >= 0.3 is 5.97 Å². The minimum Gasteiger partial charge on any atom is -0.595 e. The van der Waals surface area contributed by atoms with E-state index in [0.29, 0.717) is 0 Å². The van der Waals surface area contributed by atoms with E-state index in [9.17, 15) is 25.1 Å². The van der Waals surface area contributed by atoms with E-state index in [1.54, 1.807) is 13.0 Å². The number of hydrogen-bond acceptors (Lipinski definition) is 9. The molecule has 1 aliphatic heterocycles. The number of fused-ring (bicyclic) bond motifs is 1. The van der Waals surface area contributed by atoms with E-state index in [1.165, 1.54) is 18.2 Å². The fourth-order valence-electron chi connectivity index (χ4n) is 3.02. The van der Waals surface area contributed by atoms with Gasteiger partial charge in [0.15, 0.2) is 11.4 Å². The molecule has 10 heteroatoms. The predicted octanol–water partition coefficient (Wildman–Crippen LogP) is -0.207. The Morgan fingerprint density at radius 1 is 1.39 bits per heavy atom. The Hall–Kier alpha value is -3.18. The van der Waals surface area contributed by atoms with Crippen molar-refractivity contribution in [1.29, 1.82) is 0 Å². The highest BCUT2D eigenvalue weighted by Crippen LogP contribution is 2.43. The van der Waals surface area contributed by atoms with Gasteiger partial charge in [0.25, 0.3) is 0 Å². The Labute approximate surface area is 158 Å². The van der Waals surface area contributed by atoms with E-state index in [4.69, 9.17) is 19.6 Å². The lowest BCUT2D eigenvalue weighted by Crippen LogP contribution is -2.99. The van der Waals surface area contributed by atoms with Crippen molar-refractivity contribution in [3.8, 4) is 5.75 Å². The van der Waals surface area contributed by atoms with Gasteiger partial charge in [0.05, 0.1) is 12.5 Å². The Balaban J connectivity index is 2.33. The lowest BCUT2D eigenvalue weighted by molar-refractivity contribution is -0.991. The fraction of sp³-hybridized carbons (Fsp3) is 0.222. The lowest BCUT2D eigenvalue weighted by atomic mass is 9.85. The summed E-state index contributed by atoms with van der Waals surface area (Å²) in [5.41, 5.74) is 5.11. The number of nitrogens with two attached hydrogens (primary N) is 1. The summed E-state index contributed by atoms with van der Waals surface area (Å²) in [5.74, 6) is -2.90. The zero-order chi connectivity index (χ0) is 20.4. The summed E-state index contributed by atoms with van der Waals surface area (Å²) in [6.07, 6.45) is 0. The first-order chi connectivity index (χ1) is 13.4. The van der Waals surface area contributed by atoms with Crippen LogP contribution in [-0.2, 0) is 16.1 Å². The zero-order valence-corrected chi connectivity index (χ0v) is 14.8. The minimum atomic E-state index is -1.24. The monoisotopic (exact) mass is 390 g/mol. The number of benzene rings is 1. The topological polar surface area (TPSA) is 160 Å².